The van der Waals surface area contributed by atoms with Gasteiger partial charge in [-0.15, -0.1) is 0 Å². The zero-order valence-electron chi connectivity index (χ0n) is 10.7. The molecule has 0 bridgehead atoms. The van der Waals surface area contributed by atoms with E-state index in [0.717, 1.165) is 12.1 Å². The normalized spacial score (nSPS) is 12.2. The van der Waals surface area contributed by atoms with Gasteiger partial charge in [0.05, 0.1) is 11.9 Å². The molecule has 0 aliphatic heterocycles. The second-order valence-electron chi connectivity index (χ2n) is 4.63. The van der Waals surface area contributed by atoms with Gasteiger partial charge >= 0.3 is 0 Å². The lowest BCUT2D eigenvalue weighted by atomic mass is 10.3. The maximum absolute atomic E-state index is 11.0. The number of hydrogen-bond donors (Lipinski definition) is 1. The van der Waals surface area contributed by atoms with Gasteiger partial charge in [0.15, 0.2) is 0 Å². The van der Waals surface area contributed by atoms with E-state index in [1.54, 1.807) is 4.68 Å². The molecule has 0 aliphatic rings. The smallest absolute Gasteiger partial charge is 0.147 e. The highest BCUT2D eigenvalue weighted by molar-refractivity contribution is 7.90. The highest BCUT2D eigenvalue weighted by Crippen LogP contribution is 2.00. The van der Waals surface area contributed by atoms with Crippen LogP contribution in [0.25, 0.3) is 0 Å². The first-order valence-corrected chi connectivity index (χ1v) is 7.85. The number of aromatic nitrogens is 2. The van der Waals surface area contributed by atoms with Crippen molar-refractivity contribution < 1.29 is 8.42 Å². The summed E-state index contributed by atoms with van der Waals surface area (Å²) in [5.74, 6) is 0.215. The zero-order valence-corrected chi connectivity index (χ0v) is 11.5. The van der Waals surface area contributed by atoms with Gasteiger partial charge in [-0.3, -0.25) is 4.68 Å². The third kappa shape index (κ3) is 6.43. The molecule has 5 nitrogen and oxygen atoms in total. The third-order valence-electron chi connectivity index (χ3n) is 2.30. The molecule has 0 aromatic carbocycles. The van der Waals surface area contributed by atoms with E-state index in [2.05, 4.69) is 24.3 Å². The van der Waals surface area contributed by atoms with Gasteiger partial charge in [-0.25, -0.2) is 8.42 Å². The van der Waals surface area contributed by atoms with Crippen molar-refractivity contribution in [3.63, 3.8) is 0 Å². The van der Waals surface area contributed by atoms with E-state index >= 15 is 0 Å². The maximum atomic E-state index is 11.0. The third-order valence-corrected chi connectivity index (χ3v) is 3.33. The van der Waals surface area contributed by atoms with E-state index in [9.17, 15) is 8.42 Å². The van der Waals surface area contributed by atoms with Crippen molar-refractivity contribution in [3.8, 4) is 0 Å². The minimum absolute atomic E-state index is 0.215. The second-order valence-corrected chi connectivity index (χ2v) is 6.89. The predicted octanol–water partition coefficient (Wildman–Crippen LogP) is 0.816. The average Bonchev–Trinajstić information content (AvgIpc) is 2.61. The molecule has 98 valence electrons. The molecule has 0 fully saturated rings. The molecule has 0 radical (unpaired) electrons. The Hall–Kier alpha value is -0.880. The van der Waals surface area contributed by atoms with Crippen LogP contribution in [0, 0.1) is 0 Å². The predicted molar refractivity (Wildman–Crippen MR) is 68.5 cm³/mol. The molecule has 0 unspecified atom stereocenters. The molecule has 6 heteroatoms. The van der Waals surface area contributed by atoms with E-state index in [1.807, 2.05) is 12.4 Å². The van der Waals surface area contributed by atoms with Gasteiger partial charge in [-0.1, -0.05) is 13.8 Å². The van der Waals surface area contributed by atoms with Crippen LogP contribution in [0.15, 0.2) is 12.4 Å². The molecule has 0 saturated heterocycles. The summed E-state index contributed by atoms with van der Waals surface area (Å²) < 4.78 is 23.7. The first kappa shape index (κ1) is 14.2. The average molecular weight is 259 g/mol. The Morgan fingerprint density at radius 3 is 2.76 bits per heavy atom. The van der Waals surface area contributed by atoms with Gasteiger partial charge in [0.1, 0.15) is 9.84 Å². The SMILES string of the molecule is CC(C)NCc1cnn(CCCS(C)(=O)=O)c1. The molecule has 1 N–H and O–H groups in total. The monoisotopic (exact) mass is 259 g/mol. The number of nitrogens with one attached hydrogen (secondary N) is 1. The van der Waals surface area contributed by atoms with E-state index < -0.39 is 9.84 Å². The van der Waals surface area contributed by atoms with Crippen LogP contribution < -0.4 is 5.32 Å². The van der Waals surface area contributed by atoms with Crippen LogP contribution in [0.4, 0.5) is 0 Å². The van der Waals surface area contributed by atoms with Gasteiger partial charge in [0.25, 0.3) is 0 Å². The van der Waals surface area contributed by atoms with Crippen LogP contribution in [0.1, 0.15) is 25.8 Å². The highest BCUT2D eigenvalue weighted by Gasteiger charge is 2.03. The fourth-order valence-corrected chi connectivity index (χ4v) is 2.08. The van der Waals surface area contributed by atoms with Gasteiger partial charge < -0.3 is 5.32 Å². The van der Waals surface area contributed by atoms with E-state index in [-0.39, 0.29) is 5.75 Å². The summed E-state index contributed by atoms with van der Waals surface area (Å²) in [5, 5.41) is 7.50. The minimum Gasteiger partial charge on any atom is -0.310 e. The van der Waals surface area contributed by atoms with E-state index in [1.165, 1.54) is 6.26 Å². The van der Waals surface area contributed by atoms with Crippen molar-refractivity contribution in [2.45, 2.75) is 39.4 Å². The van der Waals surface area contributed by atoms with Crippen molar-refractivity contribution in [2.24, 2.45) is 0 Å². The number of nitrogens with zero attached hydrogens (tertiary/aromatic N) is 2. The lowest BCUT2D eigenvalue weighted by Gasteiger charge is -2.05. The number of aryl methyl sites for hydroxylation is 1. The standard InChI is InChI=1S/C11H21N3O2S/c1-10(2)12-7-11-8-13-14(9-11)5-4-6-17(3,15)16/h8-10,12H,4-7H2,1-3H3. The number of sulfone groups is 1. The molecule has 0 saturated carbocycles. The topological polar surface area (TPSA) is 64.0 Å². The fourth-order valence-electron chi connectivity index (χ4n) is 1.43. The number of rotatable bonds is 7. The first-order valence-electron chi connectivity index (χ1n) is 5.79. The molecule has 1 rings (SSSR count). The van der Waals surface area contributed by atoms with Crippen LogP contribution in [-0.4, -0.2) is 36.2 Å². The quantitative estimate of drug-likeness (QED) is 0.787. The lowest BCUT2D eigenvalue weighted by molar-refractivity contribution is 0.573. The Balaban J connectivity index is 2.35. The Labute approximate surface area is 103 Å². The summed E-state index contributed by atoms with van der Waals surface area (Å²) in [6, 6.07) is 0.448. The lowest BCUT2D eigenvalue weighted by Crippen LogP contribution is -2.21. The summed E-state index contributed by atoms with van der Waals surface area (Å²) in [5.41, 5.74) is 1.12. The van der Waals surface area contributed by atoms with Gasteiger partial charge in [0.2, 0.25) is 0 Å². The Kier molecular flexibility index (Phi) is 5.14. The van der Waals surface area contributed by atoms with Gasteiger partial charge in [-0.05, 0) is 6.42 Å². The van der Waals surface area contributed by atoms with Crippen LogP contribution in [0.5, 0.6) is 0 Å². The Morgan fingerprint density at radius 1 is 1.47 bits per heavy atom. The molecule has 0 spiro atoms. The molecule has 0 amide bonds. The van der Waals surface area contributed by atoms with Crippen LogP contribution in [0.2, 0.25) is 0 Å². The van der Waals surface area contributed by atoms with Gasteiger partial charge in [0, 0.05) is 37.1 Å². The Morgan fingerprint density at radius 2 is 2.18 bits per heavy atom. The highest BCUT2D eigenvalue weighted by atomic mass is 32.2. The molecule has 0 aliphatic carbocycles. The fraction of sp³-hybridized carbons (Fsp3) is 0.727. The largest absolute Gasteiger partial charge is 0.310 e. The summed E-state index contributed by atoms with van der Waals surface area (Å²) in [7, 11) is -2.86. The summed E-state index contributed by atoms with van der Waals surface area (Å²) in [6.45, 7) is 5.63. The maximum Gasteiger partial charge on any atom is 0.147 e. The summed E-state index contributed by atoms with van der Waals surface area (Å²) in [4.78, 5) is 0. The molecule has 17 heavy (non-hydrogen) atoms. The van der Waals surface area contributed by atoms with Crippen molar-refractivity contribution >= 4 is 9.84 Å². The van der Waals surface area contributed by atoms with E-state index in [4.69, 9.17) is 0 Å². The summed E-state index contributed by atoms with van der Waals surface area (Å²) >= 11 is 0. The van der Waals surface area contributed by atoms with Crippen molar-refractivity contribution in [1.29, 1.82) is 0 Å². The first-order chi connectivity index (χ1) is 7.87. The van der Waals surface area contributed by atoms with Crippen molar-refractivity contribution in [3.05, 3.63) is 18.0 Å². The molecular formula is C11H21N3O2S. The molecule has 1 heterocycles. The van der Waals surface area contributed by atoms with Crippen molar-refractivity contribution in [2.75, 3.05) is 12.0 Å². The molecule has 1 aromatic rings. The minimum atomic E-state index is -2.86. The molecular weight excluding hydrogens is 238 g/mol. The van der Waals surface area contributed by atoms with Gasteiger partial charge in [-0.2, -0.15) is 5.10 Å². The zero-order chi connectivity index (χ0) is 12.9. The van der Waals surface area contributed by atoms with Crippen LogP contribution >= 0.6 is 0 Å². The summed E-state index contributed by atoms with van der Waals surface area (Å²) in [6.07, 6.45) is 5.64. The second kappa shape index (κ2) is 6.16. The van der Waals surface area contributed by atoms with E-state index in [0.29, 0.717) is 19.0 Å². The van der Waals surface area contributed by atoms with Crippen LogP contribution in [0.3, 0.4) is 0 Å². The Bertz CT molecular complexity index is 437. The van der Waals surface area contributed by atoms with Crippen LogP contribution in [-0.2, 0) is 22.9 Å². The molecule has 0 atom stereocenters. The molecule has 1 aromatic heterocycles. The number of hydrogen-bond acceptors (Lipinski definition) is 4. The van der Waals surface area contributed by atoms with Crippen molar-refractivity contribution in [1.82, 2.24) is 15.1 Å².